The topological polar surface area (TPSA) is 85.1 Å². The second kappa shape index (κ2) is 6.86. The van der Waals surface area contributed by atoms with Crippen molar-refractivity contribution < 1.29 is 4.79 Å². The Morgan fingerprint density at radius 3 is 2.89 bits per heavy atom. The maximum Gasteiger partial charge on any atom is 0.252 e. The van der Waals surface area contributed by atoms with E-state index in [1.807, 2.05) is 32.9 Å². The highest BCUT2D eigenvalue weighted by Crippen LogP contribution is 2.30. The minimum atomic E-state index is -0.0886. The van der Waals surface area contributed by atoms with Gasteiger partial charge in [0.15, 0.2) is 5.13 Å². The number of fused-ring (bicyclic) bond motifs is 2. The number of aryl methyl sites for hydroxylation is 3. The minimum Gasteiger partial charge on any atom is -0.302 e. The second-order valence-corrected chi connectivity index (χ2v) is 7.81. The highest BCUT2D eigenvalue weighted by Gasteiger charge is 2.14. The van der Waals surface area contributed by atoms with Gasteiger partial charge in [-0.3, -0.25) is 4.79 Å². The first-order valence-electron chi connectivity index (χ1n) is 8.44. The molecule has 3 heterocycles. The van der Waals surface area contributed by atoms with Crippen LogP contribution in [0.3, 0.4) is 0 Å². The number of nitrogens with one attached hydrogen (secondary N) is 1. The lowest BCUT2D eigenvalue weighted by Gasteiger charge is -2.10. The van der Waals surface area contributed by atoms with E-state index in [-0.39, 0.29) is 5.91 Å². The number of benzene rings is 1. The predicted molar refractivity (Wildman–Crippen MR) is 107 cm³/mol. The number of hydrogen-bond donors (Lipinski definition) is 1. The van der Waals surface area contributed by atoms with Crippen LogP contribution in [0.1, 0.15) is 28.9 Å². The summed E-state index contributed by atoms with van der Waals surface area (Å²) >= 11 is 7.59. The summed E-state index contributed by atoms with van der Waals surface area (Å²) in [6.07, 6.45) is 2.38. The van der Waals surface area contributed by atoms with Gasteiger partial charge in [0.05, 0.1) is 10.2 Å². The monoisotopic (exact) mass is 400 g/mol. The van der Waals surface area contributed by atoms with Crippen molar-refractivity contribution in [3.8, 4) is 0 Å². The standard InChI is InChI=1S/C18H17ClN6OS/c1-9-6-15-14(7-13(9)19)23-18(27-15)24-16(26)5-4-12-10(2)22-17-20-8-21-25(17)11(12)3/h6-8H,4-5H2,1-3H3,(H,23,24,26). The van der Waals surface area contributed by atoms with E-state index >= 15 is 0 Å². The summed E-state index contributed by atoms with van der Waals surface area (Å²) in [5.74, 6) is 0.482. The van der Waals surface area contributed by atoms with Gasteiger partial charge < -0.3 is 5.32 Å². The van der Waals surface area contributed by atoms with Crippen molar-refractivity contribution in [3.05, 3.63) is 46.0 Å². The first-order chi connectivity index (χ1) is 12.9. The molecular weight excluding hydrogens is 384 g/mol. The Balaban J connectivity index is 1.49. The summed E-state index contributed by atoms with van der Waals surface area (Å²) in [6, 6.07) is 3.81. The highest BCUT2D eigenvalue weighted by molar-refractivity contribution is 7.22. The van der Waals surface area contributed by atoms with Crippen molar-refractivity contribution in [1.29, 1.82) is 0 Å². The summed E-state index contributed by atoms with van der Waals surface area (Å²) in [6.45, 7) is 5.84. The van der Waals surface area contributed by atoms with Gasteiger partial charge in [0.25, 0.3) is 5.78 Å². The van der Waals surface area contributed by atoms with Crippen LogP contribution in [0.2, 0.25) is 5.02 Å². The summed E-state index contributed by atoms with van der Waals surface area (Å²) < 4.78 is 2.69. The quantitative estimate of drug-likeness (QED) is 0.561. The van der Waals surface area contributed by atoms with Crippen LogP contribution >= 0.6 is 22.9 Å². The van der Waals surface area contributed by atoms with E-state index in [1.54, 1.807) is 4.52 Å². The van der Waals surface area contributed by atoms with Crippen molar-refractivity contribution in [3.63, 3.8) is 0 Å². The Morgan fingerprint density at radius 2 is 2.07 bits per heavy atom. The molecule has 4 rings (SSSR count). The van der Waals surface area contributed by atoms with E-state index in [2.05, 4.69) is 25.4 Å². The first kappa shape index (κ1) is 17.8. The van der Waals surface area contributed by atoms with Gasteiger partial charge in [-0.15, -0.1) is 0 Å². The lowest BCUT2D eigenvalue weighted by atomic mass is 10.1. The van der Waals surface area contributed by atoms with Crippen molar-refractivity contribution in [2.45, 2.75) is 33.6 Å². The molecule has 0 unspecified atom stereocenters. The van der Waals surface area contributed by atoms with Gasteiger partial charge in [0, 0.05) is 22.8 Å². The molecule has 27 heavy (non-hydrogen) atoms. The average Bonchev–Trinajstić information content (AvgIpc) is 3.21. The SMILES string of the molecule is Cc1cc2sc(NC(=O)CCc3c(C)nc4ncnn4c3C)nc2cc1Cl. The largest absolute Gasteiger partial charge is 0.302 e. The van der Waals surface area contributed by atoms with Crippen LogP contribution < -0.4 is 5.32 Å². The molecule has 0 spiro atoms. The van der Waals surface area contributed by atoms with Crippen LogP contribution in [0, 0.1) is 20.8 Å². The van der Waals surface area contributed by atoms with Gasteiger partial charge in [-0.2, -0.15) is 10.1 Å². The Morgan fingerprint density at radius 1 is 1.26 bits per heavy atom. The zero-order chi connectivity index (χ0) is 19.1. The molecule has 0 aliphatic heterocycles. The van der Waals surface area contributed by atoms with Crippen LogP contribution in [0.5, 0.6) is 0 Å². The maximum absolute atomic E-state index is 12.4. The van der Waals surface area contributed by atoms with E-state index < -0.39 is 0 Å². The lowest BCUT2D eigenvalue weighted by Crippen LogP contribution is -2.14. The van der Waals surface area contributed by atoms with Gasteiger partial charge >= 0.3 is 0 Å². The van der Waals surface area contributed by atoms with E-state index in [0.29, 0.717) is 28.8 Å². The van der Waals surface area contributed by atoms with Gasteiger partial charge in [-0.05, 0) is 50.5 Å². The van der Waals surface area contributed by atoms with E-state index in [9.17, 15) is 4.79 Å². The number of nitrogens with zero attached hydrogens (tertiary/aromatic N) is 5. The number of amides is 1. The fourth-order valence-electron chi connectivity index (χ4n) is 3.04. The average molecular weight is 401 g/mol. The Bertz CT molecular complexity index is 1140. The molecule has 7 nitrogen and oxygen atoms in total. The summed E-state index contributed by atoms with van der Waals surface area (Å²) in [4.78, 5) is 25.4. The third-order valence-electron chi connectivity index (χ3n) is 4.51. The maximum atomic E-state index is 12.4. The van der Waals surface area contributed by atoms with Gasteiger partial charge in [0.2, 0.25) is 5.91 Å². The summed E-state index contributed by atoms with van der Waals surface area (Å²) in [5.41, 5.74) is 4.61. The molecule has 9 heteroatoms. The Labute approximate surface area is 164 Å². The molecular formula is C18H17ClN6OS. The van der Waals surface area contributed by atoms with Crippen molar-refractivity contribution in [2.24, 2.45) is 0 Å². The van der Waals surface area contributed by atoms with Gasteiger partial charge in [0.1, 0.15) is 6.33 Å². The second-order valence-electron chi connectivity index (χ2n) is 6.37. The number of rotatable bonds is 4. The first-order valence-corrected chi connectivity index (χ1v) is 9.64. The lowest BCUT2D eigenvalue weighted by molar-refractivity contribution is -0.116. The smallest absolute Gasteiger partial charge is 0.252 e. The van der Waals surface area contributed by atoms with Gasteiger partial charge in [-0.25, -0.2) is 14.5 Å². The molecule has 0 radical (unpaired) electrons. The van der Waals surface area contributed by atoms with Crippen molar-refractivity contribution in [1.82, 2.24) is 24.6 Å². The fourth-order valence-corrected chi connectivity index (χ4v) is 4.16. The third-order valence-corrected chi connectivity index (χ3v) is 5.85. The van der Waals surface area contributed by atoms with Crippen LogP contribution in [0.15, 0.2) is 18.5 Å². The molecule has 0 fully saturated rings. The molecule has 0 aliphatic carbocycles. The number of thiazole rings is 1. The molecule has 0 bridgehead atoms. The normalized spacial score (nSPS) is 11.4. The van der Waals surface area contributed by atoms with Gasteiger partial charge in [-0.1, -0.05) is 22.9 Å². The zero-order valence-electron chi connectivity index (χ0n) is 15.1. The molecule has 0 saturated carbocycles. The fraction of sp³-hybridized carbons (Fsp3) is 0.278. The molecule has 0 atom stereocenters. The molecule has 0 saturated heterocycles. The Kier molecular flexibility index (Phi) is 4.53. The van der Waals surface area contributed by atoms with Crippen LogP contribution in [-0.4, -0.2) is 30.5 Å². The summed E-state index contributed by atoms with van der Waals surface area (Å²) in [5, 5.41) is 8.31. The molecule has 138 valence electrons. The number of carbonyl (C=O) groups excluding carboxylic acids is 1. The zero-order valence-corrected chi connectivity index (χ0v) is 16.6. The summed E-state index contributed by atoms with van der Waals surface area (Å²) in [7, 11) is 0. The van der Waals surface area contributed by atoms with E-state index in [4.69, 9.17) is 11.6 Å². The predicted octanol–water partition coefficient (Wildman–Crippen LogP) is 3.88. The van der Waals surface area contributed by atoms with E-state index in [0.717, 1.165) is 32.7 Å². The molecule has 1 N–H and O–H groups in total. The number of anilines is 1. The Hall–Kier alpha value is -2.58. The molecule has 3 aromatic heterocycles. The molecule has 1 aromatic carbocycles. The van der Waals surface area contributed by atoms with Crippen molar-refractivity contribution in [2.75, 3.05) is 5.32 Å². The van der Waals surface area contributed by atoms with E-state index in [1.165, 1.54) is 17.7 Å². The number of aromatic nitrogens is 5. The molecule has 1 amide bonds. The minimum absolute atomic E-state index is 0.0886. The van der Waals surface area contributed by atoms with Crippen LogP contribution in [0.4, 0.5) is 5.13 Å². The molecule has 4 aromatic rings. The van der Waals surface area contributed by atoms with Crippen molar-refractivity contribution >= 4 is 50.0 Å². The van der Waals surface area contributed by atoms with Crippen LogP contribution in [-0.2, 0) is 11.2 Å². The number of carbonyl (C=O) groups is 1. The number of halogens is 1. The third kappa shape index (κ3) is 3.38. The number of hydrogen-bond acceptors (Lipinski definition) is 6. The molecule has 0 aliphatic rings. The highest BCUT2D eigenvalue weighted by atomic mass is 35.5. The van der Waals surface area contributed by atoms with Crippen LogP contribution in [0.25, 0.3) is 16.0 Å².